The second kappa shape index (κ2) is 14.1. The van der Waals surface area contributed by atoms with Gasteiger partial charge in [-0.05, 0) is 31.0 Å². The van der Waals surface area contributed by atoms with Crippen LogP contribution in [0, 0.1) is 11.8 Å². The molecule has 2 saturated heterocycles. The molecule has 40 heavy (non-hydrogen) atoms. The number of carboxylic acids is 2. The Kier molecular flexibility index (Phi) is 11.4. The number of carboxylic acid groups (broad SMARTS) is 2. The van der Waals surface area contributed by atoms with Crippen LogP contribution in [0.25, 0.3) is 0 Å². The number of aromatic nitrogens is 3. The standard InChI is InChI=1S/C19H25N5O2.2C2HF3O2/c1-23-10-14(7-22-23)11-24-6-4-17-16(12-24)13-26-18(17)9-21-19(25)15-3-2-5-20-8-15;2*3-2(4,5)1(6)7/h2-3,5,7-8,10,16-18H,4,6,9,11-13H2,1H3,(H,21,25);2*(H,6,7)/t16-,17-,18+;;/m0../s1. The van der Waals surface area contributed by atoms with E-state index in [4.69, 9.17) is 24.5 Å². The summed E-state index contributed by atoms with van der Waals surface area (Å²) in [4.78, 5) is 36.5. The maximum absolute atomic E-state index is 12.2. The maximum atomic E-state index is 12.2. The summed E-state index contributed by atoms with van der Waals surface area (Å²) < 4.78 is 71.3. The van der Waals surface area contributed by atoms with Gasteiger partial charge in [0.2, 0.25) is 0 Å². The van der Waals surface area contributed by atoms with Crippen molar-refractivity contribution in [2.24, 2.45) is 18.9 Å². The fraction of sp³-hybridized carbons (Fsp3) is 0.522. The van der Waals surface area contributed by atoms with E-state index in [9.17, 15) is 31.1 Å². The normalized spacial score (nSPS) is 20.7. The van der Waals surface area contributed by atoms with Crippen LogP contribution in [0.1, 0.15) is 22.3 Å². The molecule has 0 bridgehead atoms. The molecule has 11 nitrogen and oxygen atoms in total. The van der Waals surface area contributed by atoms with Crippen LogP contribution in [0.3, 0.4) is 0 Å². The van der Waals surface area contributed by atoms with E-state index in [0.717, 1.165) is 32.7 Å². The van der Waals surface area contributed by atoms with Gasteiger partial charge in [0.25, 0.3) is 5.91 Å². The number of aliphatic carboxylic acids is 2. The Bertz CT molecular complexity index is 1100. The first-order valence-corrected chi connectivity index (χ1v) is 11.7. The van der Waals surface area contributed by atoms with E-state index in [1.54, 1.807) is 24.5 Å². The van der Waals surface area contributed by atoms with Gasteiger partial charge >= 0.3 is 24.3 Å². The molecule has 0 unspecified atom stereocenters. The average Bonchev–Trinajstić information content (AvgIpc) is 3.47. The van der Waals surface area contributed by atoms with Crippen LogP contribution in [-0.4, -0.2) is 92.4 Å². The topological polar surface area (TPSA) is 147 Å². The first-order valence-electron chi connectivity index (χ1n) is 11.7. The lowest BCUT2D eigenvalue weighted by atomic mass is 9.84. The van der Waals surface area contributed by atoms with Gasteiger partial charge in [0.05, 0.1) is 24.5 Å². The van der Waals surface area contributed by atoms with Crippen molar-refractivity contribution in [2.45, 2.75) is 31.4 Å². The van der Waals surface area contributed by atoms with Crippen molar-refractivity contribution in [3.63, 3.8) is 0 Å². The molecule has 4 rings (SSSR count). The van der Waals surface area contributed by atoms with Gasteiger partial charge in [-0.2, -0.15) is 31.4 Å². The van der Waals surface area contributed by atoms with Gasteiger partial charge in [0.15, 0.2) is 0 Å². The van der Waals surface area contributed by atoms with Crippen LogP contribution in [0.4, 0.5) is 26.3 Å². The Morgan fingerprint density at radius 1 is 1.10 bits per heavy atom. The smallest absolute Gasteiger partial charge is 0.475 e. The SMILES string of the molecule is Cn1cc(CN2CC[C@H]3[C@H](CO[C@@H]3CNC(=O)c3cccnc3)C2)cn1.O=C(O)C(F)(F)F.O=C(O)C(F)(F)F. The number of alkyl halides is 6. The molecule has 0 radical (unpaired) electrons. The summed E-state index contributed by atoms with van der Waals surface area (Å²) in [6, 6.07) is 3.55. The summed E-state index contributed by atoms with van der Waals surface area (Å²) in [7, 11) is 1.95. The van der Waals surface area contributed by atoms with Gasteiger partial charge in [0, 0.05) is 56.8 Å². The molecule has 0 spiro atoms. The number of piperidine rings is 1. The van der Waals surface area contributed by atoms with Crippen LogP contribution in [0.15, 0.2) is 36.9 Å². The van der Waals surface area contributed by atoms with Crippen molar-refractivity contribution < 1.29 is 55.7 Å². The highest BCUT2D eigenvalue weighted by atomic mass is 19.4. The maximum Gasteiger partial charge on any atom is 0.490 e. The highest BCUT2D eigenvalue weighted by Crippen LogP contribution is 2.34. The zero-order valence-corrected chi connectivity index (χ0v) is 21.0. The number of pyridine rings is 1. The summed E-state index contributed by atoms with van der Waals surface area (Å²) in [5, 5.41) is 21.5. The van der Waals surface area contributed by atoms with E-state index >= 15 is 0 Å². The third kappa shape index (κ3) is 10.4. The Morgan fingerprint density at radius 3 is 2.23 bits per heavy atom. The molecule has 0 aromatic carbocycles. The van der Waals surface area contributed by atoms with Crippen LogP contribution in [0.2, 0.25) is 0 Å². The highest BCUT2D eigenvalue weighted by Gasteiger charge is 2.41. The fourth-order valence-corrected chi connectivity index (χ4v) is 4.12. The van der Waals surface area contributed by atoms with E-state index in [0.29, 0.717) is 23.9 Å². The van der Waals surface area contributed by atoms with Crippen LogP contribution in [0.5, 0.6) is 0 Å². The molecule has 2 aromatic rings. The summed E-state index contributed by atoms with van der Waals surface area (Å²) in [5.41, 5.74) is 1.85. The minimum atomic E-state index is -5.08. The number of hydrogen-bond donors (Lipinski definition) is 3. The van der Waals surface area contributed by atoms with E-state index in [1.807, 2.05) is 17.9 Å². The van der Waals surface area contributed by atoms with Gasteiger partial charge < -0.3 is 20.3 Å². The van der Waals surface area contributed by atoms with Crippen molar-refractivity contribution in [1.29, 1.82) is 0 Å². The number of halogens is 6. The number of amides is 1. The molecule has 1 amide bonds. The summed E-state index contributed by atoms with van der Waals surface area (Å²) >= 11 is 0. The molecule has 2 aliphatic heterocycles. The average molecular weight is 583 g/mol. The number of rotatable bonds is 5. The van der Waals surface area contributed by atoms with Crippen molar-refractivity contribution in [3.8, 4) is 0 Å². The number of carbonyl (C=O) groups excluding carboxylic acids is 1. The third-order valence-corrected chi connectivity index (χ3v) is 5.92. The van der Waals surface area contributed by atoms with Gasteiger partial charge in [-0.3, -0.25) is 19.4 Å². The second-order valence-corrected chi connectivity index (χ2v) is 8.90. The molecule has 3 N–H and O–H groups in total. The number of fused-ring (bicyclic) bond motifs is 1. The number of nitrogens with one attached hydrogen (secondary N) is 1. The first kappa shape index (κ1) is 32.5. The van der Waals surface area contributed by atoms with Gasteiger partial charge in [-0.15, -0.1) is 0 Å². The summed E-state index contributed by atoms with van der Waals surface area (Å²) in [6.45, 7) is 4.40. The molecule has 2 aromatic heterocycles. The summed E-state index contributed by atoms with van der Waals surface area (Å²) in [6.07, 6.45) is -1.67. The van der Waals surface area contributed by atoms with Crippen molar-refractivity contribution in [2.75, 3.05) is 26.2 Å². The molecule has 4 heterocycles. The molecule has 3 atom stereocenters. The zero-order chi connectivity index (χ0) is 30.1. The largest absolute Gasteiger partial charge is 0.490 e. The molecule has 0 saturated carbocycles. The molecule has 0 aliphatic carbocycles. The van der Waals surface area contributed by atoms with Crippen LogP contribution >= 0.6 is 0 Å². The van der Waals surface area contributed by atoms with Crippen LogP contribution < -0.4 is 5.32 Å². The lowest BCUT2D eigenvalue weighted by Crippen LogP contribution is -2.43. The quantitative estimate of drug-likeness (QED) is 0.452. The van der Waals surface area contributed by atoms with E-state index in [2.05, 4.69) is 26.5 Å². The van der Waals surface area contributed by atoms with E-state index in [-0.39, 0.29) is 12.0 Å². The monoisotopic (exact) mass is 583 g/mol. The second-order valence-electron chi connectivity index (χ2n) is 8.90. The minimum Gasteiger partial charge on any atom is -0.475 e. The molecular weight excluding hydrogens is 556 g/mol. The lowest BCUT2D eigenvalue weighted by molar-refractivity contribution is -0.193. The Morgan fingerprint density at radius 2 is 1.73 bits per heavy atom. The molecular formula is C23H27F6N5O6. The number of aryl methyl sites for hydroxylation is 1. The number of likely N-dealkylation sites (tertiary alicyclic amines) is 1. The Labute approximate surface area is 223 Å². The third-order valence-electron chi connectivity index (χ3n) is 5.92. The summed E-state index contributed by atoms with van der Waals surface area (Å²) in [5.74, 6) is -4.53. The Balaban J connectivity index is 0.000000333. The number of carbonyl (C=O) groups is 3. The van der Waals surface area contributed by atoms with Gasteiger partial charge in [-0.1, -0.05) is 0 Å². The van der Waals surface area contributed by atoms with E-state index in [1.165, 1.54) is 5.56 Å². The number of ether oxygens (including phenoxy) is 1. The minimum absolute atomic E-state index is 0.0841. The van der Waals surface area contributed by atoms with Crippen molar-refractivity contribution in [1.82, 2.24) is 25.0 Å². The highest BCUT2D eigenvalue weighted by molar-refractivity contribution is 5.93. The van der Waals surface area contributed by atoms with Crippen molar-refractivity contribution in [3.05, 3.63) is 48.0 Å². The van der Waals surface area contributed by atoms with Gasteiger partial charge in [0.1, 0.15) is 0 Å². The number of nitrogens with zero attached hydrogens (tertiary/aromatic N) is 4. The van der Waals surface area contributed by atoms with Crippen LogP contribution in [-0.2, 0) is 27.9 Å². The molecule has 222 valence electrons. The molecule has 2 aliphatic rings. The predicted octanol–water partition coefficient (Wildman–Crippen LogP) is 2.35. The lowest BCUT2D eigenvalue weighted by Gasteiger charge is -2.35. The fourth-order valence-electron chi connectivity index (χ4n) is 4.12. The van der Waals surface area contributed by atoms with E-state index < -0.39 is 24.3 Å². The first-order chi connectivity index (χ1) is 18.6. The molecule has 2 fully saturated rings. The van der Waals surface area contributed by atoms with Gasteiger partial charge in [-0.25, -0.2) is 9.59 Å². The zero-order valence-electron chi connectivity index (χ0n) is 21.0. The molecule has 17 heteroatoms. The van der Waals surface area contributed by atoms with Crippen molar-refractivity contribution >= 4 is 17.8 Å². The Hall–Kier alpha value is -3.73. The predicted molar refractivity (Wildman–Crippen MR) is 124 cm³/mol. The number of hydrogen-bond acceptors (Lipinski definition) is 7.